The summed E-state index contributed by atoms with van der Waals surface area (Å²) in [6.07, 6.45) is -1.16. The molecule has 0 bridgehead atoms. The fourth-order valence-electron chi connectivity index (χ4n) is 3.83. The highest BCUT2D eigenvalue weighted by Gasteiger charge is 2.26. The molecule has 2 amide bonds. The van der Waals surface area contributed by atoms with E-state index in [0.717, 1.165) is 5.56 Å². The number of anilines is 1. The average molecular weight is 469 g/mol. The molecule has 0 saturated carbocycles. The number of benzene rings is 3. The van der Waals surface area contributed by atoms with E-state index in [-0.39, 0.29) is 11.3 Å². The fraction of sp³-hybridized carbons (Fsp3) is 0.111. The van der Waals surface area contributed by atoms with Gasteiger partial charge in [0.05, 0.1) is 0 Å². The van der Waals surface area contributed by atoms with Crippen molar-refractivity contribution in [2.45, 2.75) is 13.0 Å². The molecule has 3 aromatic carbocycles. The molecule has 0 saturated heterocycles. The van der Waals surface area contributed by atoms with Crippen LogP contribution in [0.5, 0.6) is 0 Å². The topological polar surface area (TPSA) is 120 Å². The molecular formula is C27H23N3O5. The predicted molar refractivity (Wildman–Crippen MR) is 133 cm³/mol. The second-order valence-corrected chi connectivity index (χ2v) is 7.98. The smallest absolute Gasteiger partial charge is 0.356 e. The van der Waals surface area contributed by atoms with Crippen molar-refractivity contribution < 1.29 is 19.1 Å². The average Bonchev–Trinajstić information content (AvgIpc) is 2.86. The summed E-state index contributed by atoms with van der Waals surface area (Å²) in [7, 11) is 1.50. The third kappa shape index (κ3) is 4.67. The number of nitrogens with zero attached hydrogens (tertiary/aromatic N) is 1. The van der Waals surface area contributed by atoms with Crippen LogP contribution in [-0.2, 0) is 16.6 Å². The first-order valence-electron chi connectivity index (χ1n) is 10.9. The van der Waals surface area contributed by atoms with Crippen LogP contribution in [-0.4, -0.2) is 28.5 Å². The largest absolute Gasteiger partial charge is 0.448 e. The highest BCUT2D eigenvalue weighted by Crippen LogP contribution is 2.31. The standard InChI is InChI=1S/C27H23N3O5/c1-16(25(32)29-19-14-12-18(13-15-19)24(28)31)35-27(34)23-22(17-8-4-3-5-9-17)20-10-6-7-11-21(20)26(33)30(23)2/h3-16H,1-2H3,(H2,28,31)(H,29,32). The number of rotatable bonds is 6. The molecule has 35 heavy (non-hydrogen) atoms. The summed E-state index contributed by atoms with van der Waals surface area (Å²) in [5, 5.41) is 3.71. The first-order valence-corrected chi connectivity index (χ1v) is 10.9. The van der Waals surface area contributed by atoms with Gasteiger partial charge in [-0.1, -0.05) is 48.5 Å². The lowest BCUT2D eigenvalue weighted by Gasteiger charge is -2.19. The number of nitrogens with two attached hydrogens (primary N) is 1. The van der Waals surface area contributed by atoms with Crippen molar-refractivity contribution in [1.82, 2.24) is 4.57 Å². The number of amides is 2. The zero-order valence-corrected chi connectivity index (χ0v) is 19.1. The number of carbonyl (C=O) groups excluding carboxylic acids is 3. The van der Waals surface area contributed by atoms with Gasteiger partial charge >= 0.3 is 5.97 Å². The Kier molecular flexibility index (Phi) is 6.46. The van der Waals surface area contributed by atoms with E-state index in [1.165, 1.54) is 42.8 Å². The highest BCUT2D eigenvalue weighted by atomic mass is 16.5. The van der Waals surface area contributed by atoms with Gasteiger partial charge in [0.15, 0.2) is 6.10 Å². The van der Waals surface area contributed by atoms with Gasteiger partial charge in [-0.15, -0.1) is 0 Å². The molecule has 8 heteroatoms. The Morgan fingerprint density at radius 2 is 1.49 bits per heavy atom. The summed E-state index contributed by atoms with van der Waals surface area (Å²) in [5.74, 6) is -1.96. The monoisotopic (exact) mass is 469 g/mol. The number of nitrogens with one attached hydrogen (secondary N) is 1. The van der Waals surface area contributed by atoms with Crippen molar-refractivity contribution >= 4 is 34.2 Å². The lowest BCUT2D eigenvalue weighted by Crippen LogP contribution is -2.33. The summed E-state index contributed by atoms with van der Waals surface area (Å²) >= 11 is 0. The van der Waals surface area contributed by atoms with E-state index >= 15 is 0 Å². The SMILES string of the molecule is CC(OC(=O)c1c(-c2ccccc2)c2ccccc2c(=O)n1C)C(=O)Nc1ccc(C(N)=O)cc1. The van der Waals surface area contributed by atoms with E-state index in [2.05, 4.69) is 5.32 Å². The van der Waals surface area contributed by atoms with Crippen molar-refractivity contribution in [2.24, 2.45) is 12.8 Å². The first-order chi connectivity index (χ1) is 16.8. The normalized spacial score (nSPS) is 11.6. The number of primary amides is 1. The van der Waals surface area contributed by atoms with E-state index in [1.54, 1.807) is 24.3 Å². The molecule has 3 N–H and O–H groups in total. The van der Waals surface area contributed by atoms with Crippen LogP contribution in [0.4, 0.5) is 5.69 Å². The van der Waals surface area contributed by atoms with Crippen molar-refractivity contribution in [3.8, 4) is 11.1 Å². The first kappa shape index (κ1) is 23.4. The number of aromatic nitrogens is 1. The molecular weight excluding hydrogens is 446 g/mol. The second kappa shape index (κ2) is 9.64. The van der Waals surface area contributed by atoms with Crippen LogP contribution in [0.3, 0.4) is 0 Å². The Labute approximate surface area is 200 Å². The van der Waals surface area contributed by atoms with Crippen molar-refractivity contribution in [3.05, 3.63) is 100 Å². The number of pyridine rings is 1. The zero-order chi connectivity index (χ0) is 25.1. The van der Waals surface area contributed by atoms with Gasteiger partial charge in [0.1, 0.15) is 5.69 Å². The Hall–Kier alpha value is -4.72. The third-order valence-corrected chi connectivity index (χ3v) is 5.65. The lowest BCUT2D eigenvalue weighted by atomic mass is 9.97. The van der Waals surface area contributed by atoms with Crippen LogP contribution in [0.1, 0.15) is 27.8 Å². The number of esters is 1. The number of fused-ring (bicyclic) bond motifs is 1. The summed E-state index contributed by atoms with van der Waals surface area (Å²) in [4.78, 5) is 50.2. The molecule has 176 valence electrons. The van der Waals surface area contributed by atoms with E-state index < -0.39 is 23.9 Å². The third-order valence-electron chi connectivity index (χ3n) is 5.65. The van der Waals surface area contributed by atoms with Gasteiger partial charge in [0.2, 0.25) is 5.91 Å². The molecule has 4 rings (SSSR count). The maximum absolute atomic E-state index is 13.3. The minimum Gasteiger partial charge on any atom is -0.448 e. The highest BCUT2D eigenvalue weighted by molar-refractivity contribution is 6.07. The summed E-state index contributed by atoms with van der Waals surface area (Å²) in [6, 6.07) is 22.3. The molecule has 0 spiro atoms. The predicted octanol–water partition coefficient (Wildman–Crippen LogP) is 3.49. The van der Waals surface area contributed by atoms with Gasteiger partial charge in [-0.05, 0) is 48.2 Å². The van der Waals surface area contributed by atoms with Crippen molar-refractivity contribution in [2.75, 3.05) is 5.32 Å². The number of hydrogen-bond acceptors (Lipinski definition) is 5. The van der Waals surface area contributed by atoms with Crippen molar-refractivity contribution in [3.63, 3.8) is 0 Å². The molecule has 0 aliphatic heterocycles. The fourth-order valence-corrected chi connectivity index (χ4v) is 3.83. The van der Waals surface area contributed by atoms with Gasteiger partial charge in [-0.25, -0.2) is 4.79 Å². The minimum absolute atomic E-state index is 0.0466. The zero-order valence-electron chi connectivity index (χ0n) is 19.1. The molecule has 1 unspecified atom stereocenters. The molecule has 8 nitrogen and oxygen atoms in total. The number of hydrogen-bond donors (Lipinski definition) is 2. The van der Waals surface area contributed by atoms with Gasteiger partial charge in [-0.2, -0.15) is 0 Å². The molecule has 0 radical (unpaired) electrons. The van der Waals surface area contributed by atoms with Crippen LogP contribution < -0.4 is 16.6 Å². The lowest BCUT2D eigenvalue weighted by molar-refractivity contribution is -0.123. The van der Waals surface area contributed by atoms with Gasteiger partial charge in [-0.3, -0.25) is 14.4 Å². The van der Waals surface area contributed by atoms with E-state index in [0.29, 0.717) is 27.6 Å². The number of carbonyl (C=O) groups is 3. The van der Waals surface area contributed by atoms with Crippen LogP contribution in [0, 0.1) is 0 Å². The summed E-state index contributed by atoms with van der Waals surface area (Å²) < 4.78 is 6.74. The minimum atomic E-state index is -1.16. The molecule has 0 fully saturated rings. The summed E-state index contributed by atoms with van der Waals surface area (Å²) in [6.45, 7) is 1.44. The molecule has 1 heterocycles. The summed E-state index contributed by atoms with van der Waals surface area (Å²) in [5.41, 5.74) is 6.91. The molecule has 0 aliphatic carbocycles. The maximum atomic E-state index is 13.3. The second-order valence-electron chi connectivity index (χ2n) is 7.98. The molecule has 1 atom stereocenters. The van der Waals surface area contributed by atoms with E-state index in [9.17, 15) is 19.2 Å². The molecule has 0 aliphatic rings. The van der Waals surface area contributed by atoms with E-state index in [4.69, 9.17) is 10.5 Å². The van der Waals surface area contributed by atoms with Gasteiger partial charge in [0.25, 0.3) is 11.5 Å². The Bertz CT molecular complexity index is 1490. The van der Waals surface area contributed by atoms with Crippen molar-refractivity contribution in [1.29, 1.82) is 0 Å². The van der Waals surface area contributed by atoms with Gasteiger partial charge in [0, 0.05) is 29.2 Å². The number of ether oxygens (including phenoxy) is 1. The van der Waals surface area contributed by atoms with Crippen LogP contribution in [0.2, 0.25) is 0 Å². The van der Waals surface area contributed by atoms with Gasteiger partial charge < -0.3 is 20.4 Å². The van der Waals surface area contributed by atoms with Crippen LogP contribution in [0.15, 0.2) is 83.7 Å². The maximum Gasteiger partial charge on any atom is 0.356 e. The Morgan fingerprint density at radius 1 is 0.886 bits per heavy atom. The van der Waals surface area contributed by atoms with Crippen LogP contribution >= 0.6 is 0 Å². The van der Waals surface area contributed by atoms with Crippen LogP contribution in [0.25, 0.3) is 21.9 Å². The Morgan fingerprint density at radius 3 is 2.11 bits per heavy atom. The molecule has 1 aromatic heterocycles. The van der Waals surface area contributed by atoms with E-state index in [1.807, 2.05) is 30.3 Å². The quantitative estimate of drug-likeness (QED) is 0.419. The Balaban J connectivity index is 1.67. The molecule has 4 aromatic rings.